The minimum absolute atomic E-state index is 0.0108. The van der Waals surface area contributed by atoms with Crippen LogP contribution >= 0.6 is 0 Å². The van der Waals surface area contributed by atoms with Gasteiger partial charge in [0.2, 0.25) is 5.91 Å². The number of fused-ring (bicyclic) bond motifs is 1. The van der Waals surface area contributed by atoms with E-state index in [4.69, 9.17) is 4.74 Å². The van der Waals surface area contributed by atoms with E-state index < -0.39 is 11.7 Å². The Morgan fingerprint density at radius 3 is 2.61 bits per heavy atom. The van der Waals surface area contributed by atoms with Gasteiger partial charge < -0.3 is 14.7 Å². The van der Waals surface area contributed by atoms with Gasteiger partial charge >= 0.3 is 12.2 Å². The second kappa shape index (κ2) is 8.81. The van der Waals surface area contributed by atoms with Crippen LogP contribution in [0.25, 0.3) is 11.1 Å². The summed E-state index contributed by atoms with van der Waals surface area (Å²) in [5.41, 5.74) is 1.74. The van der Waals surface area contributed by atoms with E-state index in [1.165, 1.54) is 6.92 Å². The van der Waals surface area contributed by atoms with Gasteiger partial charge in [-0.05, 0) is 31.9 Å². The van der Waals surface area contributed by atoms with Crippen molar-refractivity contribution in [3.63, 3.8) is 0 Å². The highest BCUT2D eigenvalue weighted by atomic mass is 19.4. The highest BCUT2D eigenvalue weighted by Gasteiger charge is 2.33. The zero-order valence-corrected chi connectivity index (χ0v) is 18.0. The fourth-order valence-electron chi connectivity index (χ4n) is 3.96. The van der Waals surface area contributed by atoms with Crippen LogP contribution in [-0.2, 0) is 23.9 Å². The van der Waals surface area contributed by atoms with Crippen LogP contribution in [0.4, 0.5) is 18.9 Å². The molecular formula is C22H22F3N5O3. The molecule has 8 nitrogen and oxygen atoms in total. The van der Waals surface area contributed by atoms with E-state index >= 15 is 0 Å². The van der Waals surface area contributed by atoms with Gasteiger partial charge in [-0.15, -0.1) is 0 Å². The van der Waals surface area contributed by atoms with Crippen LogP contribution in [0.15, 0.2) is 36.9 Å². The molecule has 1 atom stereocenters. The molecular weight excluding hydrogens is 439 g/mol. The minimum atomic E-state index is -4.56. The molecule has 1 aliphatic heterocycles. The summed E-state index contributed by atoms with van der Waals surface area (Å²) in [7, 11) is 0. The quantitative estimate of drug-likeness (QED) is 0.621. The van der Waals surface area contributed by atoms with Gasteiger partial charge in [0.15, 0.2) is 0 Å². The third kappa shape index (κ3) is 4.54. The first-order chi connectivity index (χ1) is 15.7. The number of aliphatic hydroxyl groups excluding tert-OH is 1. The van der Waals surface area contributed by atoms with Gasteiger partial charge in [-0.3, -0.25) is 9.48 Å². The second-order valence-electron chi connectivity index (χ2n) is 7.79. The number of hydrogen-bond donors (Lipinski definition) is 1. The molecule has 1 aliphatic rings. The number of halogens is 3. The average Bonchev–Trinajstić information content (AvgIpc) is 3.22. The first kappa shape index (κ1) is 22.7. The number of hydrogen-bond acceptors (Lipinski definition) is 6. The van der Waals surface area contributed by atoms with Gasteiger partial charge in [0.05, 0.1) is 30.6 Å². The first-order valence-electron chi connectivity index (χ1n) is 10.4. The van der Waals surface area contributed by atoms with Crippen molar-refractivity contribution in [2.45, 2.75) is 45.5 Å². The molecule has 4 rings (SSSR count). The number of aromatic nitrogens is 4. The van der Waals surface area contributed by atoms with Crippen molar-refractivity contribution < 1.29 is 27.8 Å². The number of amides is 1. The molecule has 0 saturated heterocycles. The van der Waals surface area contributed by atoms with E-state index in [0.717, 1.165) is 5.56 Å². The molecule has 1 aromatic carbocycles. The molecule has 3 aromatic rings. The number of carbonyl (C=O) groups excluding carboxylic acids is 1. The lowest BCUT2D eigenvalue weighted by Crippen LogP contribution is -2.40. The Hall–Kier alpha value is -3.47. The van der Waals surface area contributed by atoms with Crippen molar-refractivity contribution in [1.82, 2.24) is 19.7 Å². The predicted octanol–water partition coefficient (Wildman–Crippen LogP) is 3.83. The van der Waals surface area contributed by atoms with Crippen LogP contribution in [-0.4, -0.2) is 43.4 Å². The monoisotopic (exact) mass is 461 g/mol. The lowest BCUT2D eigenvalue weighted by Gasteiger charge is -2.35. The first-order valence-corrected chi connectivity index (χ1v) is 10.4. The van der Waals surface area contributed by atoms with Crippen molar-refractivity contribution in [2.24, 2.45) is 0 Å². The number of nitrogens with zero attached hydrogens (tertiary/aromatic N) is 5. The number of rotatable bonds is 5. The molecule has 11 heteroatoms. The summed E-state index contributed by atoms with van der Waals surface area (Å²) in [6, 6.07) is 3.34. The molecule has 3 heterocycles. The van der Waals surface area contributed by atoms with Crippen LogP contribution in [0.2, 0.25) is 0 Å². The van der Waals surface area contributed by atoms with Crippen molar-refractivity contribution in [3.8, 4) is 22.9 Å². The Morgan fingerprint density at radius 2 is 1.97 bits per heavy atom. The lowest BCUT2D eigenvalue weighted by molar-refractivity contribution is -0.138. The van der Waals surface area contributed by atoms with Crippen LogP contribution in [0.1, 0.15) is 31.4 Å². The molecule has 0 unspecified atom stereocenters. The van der Waals surface area contributed by atoms with Gasteiger partial charge in [-0.25, -0.2) is 9.97 Å². The maximum atomic E-state index is 12.9. The van der Waals surface area contributed by atoms with Crippen molar-refractivity contribution >= 4 is 11.6 Å². The van der Waals surface area contributed by atoms with Crippen molar-refractivity contribution in [3.05, 3.63) is 48.0 Å². The highest BCUT2D eigenvalue weighted by Crippen LogP contribution is 2.44. The maximum Gasteiger partial charge on any atom is 0.419 e. The third-order valence-corrected chi connectivity index (χ3v) is 5.51. The van der Waals surface area contributed by atoms with Crippen molar-refractivity contribution in [1.29, 1.82) is 0 Å². The Kier molecular flexibility index (Phi) is 6.07. The summed E-state index contributed by atoms with van der Waals surface area (Å²) >= 11 is 0. The summed E-state index contributed by atoms with van der Waals surface area (Å²) in [5, 5.41) is 13.4. The van der Waals surface area contributed by atoms with E-state index in [2.05, 4.69) is 15.1 Å². The fraction of sp³-hybridized carbons (Fsp3) is 0.364. The van der Waals surface area contributed by atoms with Gasteiger partial charge in [0, 0.05) is 48.2 Å². The molecule has 0 fully saturated rings. The van der Waals surface area contributed by atoms with Crippen LogP contribution in [0.5, 0.6) is 11.8 Å². The van der Waals surface area contributed by atoms with Gasteiger partial charge in [-0.2, -0.15) is 18.3 Å². The number of aliphatic hydroxyl groups is 1. The normalized spacial score (nSPS) is 15.9. The Bertz CT molecular complexity index is 1160. The lowest BCUT2D eigenvalue weighted by atomic mass is 9.92. The highest BCUT2D eigenvalue weighted by molar-refractivity contribution is 5.95. The summed E-state index contributed by atoms with van der Waals surface area (Å²) in [6.45, 7) is 3.66. The maximum absolute atomic E-state index is 12.9. The summed E-state index contributed by atoms with van der Waals surface area (Å²) in [5.74, 6) is 0.234. The summed E-state index contributed by atoms with van der Waals surface area (Å²) < 4.78 is 46.2. The van der Waals surface area contributed by atoms with Crippen LogP contribution in [0.3, 0.4) is 0 Å². The topological polar surface area (TPSA) is 93.4 Å². The third-order valence-electron chi connectivity index (χ3n) is 5.51. The molecule has 0 saturated carbocycles. The van der Waals surface area contributed by atoms with E-state index in [1.54, 1.807) is 28.0 Å². The van der Waals surface area contributed by atoms with Gasteiger partial charge in [0.1, 0.15) is 5.75 Å². The molecule has 1 N–H and O–H groups in total. The van der Waals surface area contributed by atoms with E-state index in [9.17, 15) is 23.1 Å². The predicted molar refractivity (Wildman–Crippen MR) is 113 cm³/mol. The number of ether oxygens (including phenoxy) is 1. The zero-order valence-electron chi connectivity index (χ0n) is 18.0. The molecule has 1 amide bonds. The van der Waals surface area contributed by atoms with E-state index in [-0.39, 0.29) is 24.6 Å². The fourth-order valence-corrected chi connectivity index (χ4v) is 3.96. The minimum Gasteiger partial charge on any atom is -0.423 e. The molecule has 0 radical (unpaired) electrons. The zero-order chi connectivity index (χ0) is 23.8. The van der Waals surface area contributed by atoms with Gasteiger partial charge in [-0.1, -0.05) is 0 Å². The van der Waals surface area contributed by atoms with Gasteiger partial charge in [0.25, 0.3) is 0 Å². The standard InChI is InChI=1S/C22H22F3N5O3/c1-13-3-4-18-19(30(13)14(2)32)6-5-17(15-9-28-29(12-15)7-8-31)20(18)33-21-26-10-16(11-27-21)22(23,24)25/h5-6,9-13,31H,3-4,7-8H2,1-2H3/t13-/m0/s1. The number of anilines is 1. The Balaban J connectivity index is 1.81. The largest absolute Gasteiger partial charge is 0.423 e. The van der Waals surface area contributed by atoms with Crippen LogP contribution < -0.4 is 9.64 Å². The Morgan fingerprint density at radius 1 is 1.24 bits per heavy atom. The molecule has 33 heavy (non-hydrogen) atoms. The summed E-state index contributed by atoms with van der Waals surface area (Å²) in [4.78, 5) is 21.5. The van der Waals surface area contributed by atoms with Crippen LogP contribution in [0, 0.1) is 0 Å². The van der Waals surface area contributed by atoms with Crippen molar-refractivity contribution in [2.75, 3.05) is 11.5 Å². The SMILES string of the molecule is CC(=O)N1c2ccc(-c3cnn(CCO)c3)c(Oc3ncc(C(F)(F)F)cn3)c2CC[C@@H]1C. The molecule has 0 aliphatic carbocycles. The molecule has 0 bridgehead atoms. The Labute approximate surface area is 187 Å². The smallest absolute Gasteiger partial charge is 0.419 e. The number of carbonyl (C=O) groups is 1. The van der Waals surface area contributed by atoms with E-state index in [1.807, 2.05) is 13.0 Å². The second-order valence-corrected chi connectivity index (χ2v) is 7.79. The van der Waals surface area contributed by atoms with E-state index in [0.29, 0.717) is 54.3 Å². The number of benzene rings is 1. The number of alkyl halides is 3. The average molecular weight is 461 g/mol. The molecule has 0 spiro atoms. The summed E-state index contributed by atoms with van der Waals surface area (Å²) in [6.07, 6.45) is 1.38. The molecule has 174 valence electrons. The molecule has 2 aromatic heterocycles.